The highest BCUT2D eigenvalue weighted by Crippen LogP contribution is 2.10. The molecule has 0 aliphatic carbocycles. The molecule has 20 heavy (non-hydrogen) atoms. The van der Waals surface area contributed by atoms with Crippen molar-refractivity contribution in [1.82, 2.24) is 20.4 Å². The van der Waals surface area contributed by atoms with Crippen molar-refractivity contribution in [1.29, 1.82) is 0 Å². The molecule has 0 bridgehead atoms. The molecule has 1 aromatic rings. The maximum Gasteiger partial charge on any atom is 0.191 e. The van der Waals surface area contributed by atoms with Crippen LogP contribution in [0, 0.1) is 0 Å². The summed E-state index contributed by atoms with van der Waals surface area (Å²) in [7, 11) is 1.91. The minimum absolute atomic E-state index is 0. The van der Waals surface area contributed by atoms with E-state index in [1.807, 2.05) is 19.4 Å². The maximum absolute atomic E-state index is 5.59. The van der Waals surface area contributed by atoms with Gasteiger partial charge in [0.2, 0.25) is 0 Å². The lowest BCUT2D eigenvalue weighted by atomic mass is 10.2. The molecule has 1 atom stereocenters. The van der Waals surface area contributed by atoms with Gasteiger partial charge in [-0.1, -0.05) is 0 Å². The van der Waals surface area contributed by atoms with Crippen molar-refractivity contribution in [2.24, 2.45) is 12.0 Å². The second-order valence-corrected chi connectivity index (χ2v) is 4.73. The average Bonchev–Trinajstić information content (AvgIpc) is 3.04. The first-order valence-corrected chi connectivity index (χ1v) is 6.89. The number of ether oxygens (including phenoxy) is 1. The van der Waals surface area contributed by atoms with E-state index in [1.54, 1.807) is 4.68 Å². The second kappa shape index (κ2) is 9.17. The van der Waals surface area contributed by atoms with E-state index in [4.69, 9.17) is 4.74 Å². The van der Waals surface area contributed by atoms with Crippen LogP contribution in [0.4, 0.5) is 0 Å². The lowest BCUT2D eigenvalue weighted by Gasteiger charge is -2.14. The number of aryl methyl sites for hydroxylation is 1. The third-order valence-electron chi connectivity index (χ3n) is 3.04. The summed E-state index contributed by atoms with van der Waals surface area (Å²) in [5.74, 6) is 0.835. The van der Waals surface area contributed by atoms with Crippen molar-refractivity contribution < 1.29 is 4.74 Å². The van der Waals surface area contributed by atoms with Crippen molar-refractivity contribution in [2.75, 3.05) is 19.7 Å². The van der Waals surface area contributed by atoms with Crippen LogP contribution in [-0.4, -0.2) is 41.5 Å². The number of aliphatic imine (C=N–C) groups is 1. The molecule has 6 nitrogen and oxygen atoms in total. The largest absolute Gasteiger partial charge is 0.376 e. The molecule has 2 N–H and O–H groups in total. The molecule has 0 radical (unpaired) electrons. The summed E-state index contributed by atoms with van der Waals surface area (Å²) in [5.41, 5.74) is 1.11. The van der Waals surface area contributed by atoms with Gasteiger partial charge in [-0.05, 0) is 19.8 Å². The molecular formula is C13H24IN5O. The summed E-state index contributed by atoms with van der Waals surface area (Å²) in [6.45, 7) is 5.25. The predicted molar refractivity (Wildman–Crippen MR) is 90.4 cm³/mol. The normalized spacial score (nSPS) is 18.7. The Labute approximate surface area is 137 Å². The van der Waals surface area contributed by atoms with Crippen LogP contribution < -0.4 is 10.6 Å². The van der Waals surface area contributed by atoms with Gasteiger partial charge in [0.15, 0.2) is 5.96 Å². The fraction of sp³-hybridized carbons (Fsp3) is 0.692. The van der Waals surface area contributed by atoms with Gasteiger partial charge in [-0.15, -0.1) is 24.0 Å². The maximum atomic E-state index is 5.59. The minimum atomic E-state index is 0. The Morgan fingerprint density at radius 3 is 3.00 bits per heavy atom. The molecular weight excluding hydrogens is 369 g/mol. The van der Waals surface area contributed by atoms with Gasteiger partial charge in [-0.2, -0.15) is 5.10 Å². The molecule has 1 aliphatic heterocycles. The molecule has 0 aromatic carbocycles. The zero-order valence-corrected chi connectivity index (χ0v) is 14.5. The highest BCUT2D eigenvalue weighted by molar-refractivity contribution is 14.0. The third-order valence-corrected chi connectivity index (χ3v) is 3.04. The van der Waals surface area contributed by atoms with Gasteiger partial charge in [-0.3, -0.25) is 4.68 Å². The minimum Gasteiger partial charge on any atom is -0.376 e. The van der Waals surface area contributed by atoms with Crippen LogP contribution in [0.1, 0.15) is 25.3 Å². The number of rotatable bonds is 5. The smallest absolute Gasteiger partial charge is 0.191 e. The number of nitrogens with zero attached hydrogens (tertiary/aromatic N) is 3. The molecule has 7 heteroatoms. The summed E-state index contributed by atoms with van der Waals surface area (Å²) in [6, 6.07) is 0. The Morgan fingerprint density at radius 2 is 2.40 bits per heavy atom. The first-order valence-electron chi connectivity index (χ1n) is 6.89. The van der Waals surface area contributed by atoms with E-state index in [0.29, 0.717) is 12.6 Å². The summed E-state index contributed by atoms with van der Waals surface area (Å²) in [5, 5.41) is 10.7. The van der Waals surface area contributed by atoms with Crippen molar-refractivity contribution in [3.63, 3.8) is 0 Å². The molecule has 114 valence electrons. The Kier molecular flexibility index (Phi) is 7.90. The summed E-state index contributed by atoms with van der Waals surface area (Å²) in [6.07, 6.45) is 6.44. The Morgan fingerprint density at radius 1 is 1.55 bits per heavy atom. The molecule has 1 unspecified atom stereocenters. The van der Waals surface area contributed by atoms with Crippen LogP contribution in [0.3, 0.4) is 0 Å². The quantitative estimate of drug-likeness (QED) is 0.450. The second-order valence-electron chi connectivity index (χ2n) is 4.73. The number of guanidine groups is 1. The monoisotopic (exact) mass is 393 g/mol. The van der Waals surface area contributed by atoms with E-state index in [0.717, 1.165) is 44.1 Å². The van der Waals surface area contributed by atoms with E-state index in [-0.39, 0.29) is 24.0 Å². The van der Waals surface area contributed by atoms with E-state index in [9.17, 15) is 0 Å². The Hall–Kier alpha value is -0.830. The lowest BCUT2D eigenvalue weighted by molar-refractivity contribution is 0.114. The zero-order chi connectivity index (χ0) is 13.5. The third kappa shape index (κ3) is 5.66. The van der Waals surface area contributed by atoms with Crippen LogP contribution >= 0.6 is 24.0 Å². The van der Waals surface area contributed by atoms with Gasteiger partial charge >= 0.3 is 0 Å². The number of halogens is 1. The Balaban J connectivity index is 0.00000200. The summed E-state index contributed by atoms with van der Waals surface area (Å²) >= 11 is 0. The van der Waals surface area contributed by atoms with Crippen LogP contribution in [0.5, 0.6) is 0 Å². The summed E-state index contributed by atoms with van der Waals surface area (Å²) in [4.78, 5) is 4.54. The lowest BCUT2D eigenvalue weighted by Crippen LogP contribution is -2.41. The molecule has 1 aliphatic rings. The van der Waals surface area contributed by atoms with Gasteiger partial charge in [0, 0.05) is 38.5 Å². The number of hydrogen-bond acceptors (Lipinski definition) is 3. The molecule has 0 spiro atoms. The standard InChI is InChI=1S/C13H23N5O.HI/c1-3-14-13(16-9-12-5-4-6-19-12)15-7-11-8-17-18(2)10-11;/h8,10,12H,3-7,9H2,1-2H3,(H2,14,15,16);1H. The van der Waals surface area contributed by atoms with E-state index in [2.05, 4.69) is 27.6 Å². The molecule has 0 amide bonds. The van der Waals surface area contributed by atoms with E-state index in [1.165, 1.54) is 0 Å². The van der Waals surface area contributed by atoms with Crippen molar-refractivity contribution in [3.8, 4) is 0 Å². The zero-order valence-electron chi connectivity index (χ0n) is 12.1. The molecule has 1 fully saturated rings. The average molecular weight is 393 g/mol. The van der Waals surface area contributed by atoms with Gasteiger partial charge in [0.05, 0.1) is 18.8 Å². The van der Waals surface area contributed by atoms with Gasteiger partial charge in [-0.25, -0.2) is 4.99 Å². The molecule has 2 rings (SSSR count). The van der Waals surface area contributed by atoms with Gasteiger partial charge < -0.3 is 15.4 Å². The van der Waals surface area contributed by atoms with E-state index >= 15 is 0 Å². The fourth-order valence-corrected chi connectivity index (χ4v) is 2.08. The van der Waals surface area contributed by atoms with Crippen LogP contribution in [0.2, 0.25) is 0 Å². The van der Waals surface area contributed by atoms with Crippen LogP contribution in [0.25, 0.3) is 0 Å². The van der Waals surface area contributed by atoms with Gasteiger partial charge in [0.25, 0.3) is 0 Å². The molecule has 1 aromatic heterocycles. The number of nitrogens with one attached hydrogen (secondary N) is 2. The SMILES string of the molecule is CCNC(=NCc1cnn(C)c1)NCC1CCCO1.I. The summed E-state index contributed by atoms with van der Waals surface area (Å²) < 4.78 is 7.38. The topological polar surface area (TPSA) is 63.5 Å². The van der Waals surface area contributed by atoms with E-state index < -0.39 is 0 Å². The number of aromatic nitrogens is 2. The van der Waals surface area contributed by atoms with Gasteiger partial charge in [0.1, 0.15) is 0 Å². The van der Waals surface area contributed by atoms with Crippen molar-refractivity contribution in [2.45, 2.75) is 32.4 Å². The Bertz CT molecular complexity index is 415. The van der Waals surface area contributed by atoms with Crippen LogP contribution in [-0.2, 0) is 18.3 Å². The highest BCUT2D eigenvalue weighted by Gasteiger charge is 2.15. The molecule has 0 saturated carbocycles. The molecule has 1 saturated heterocycles. The van der Waals surface area contributed by atoms with Crippen LogP contribution in [0.15, 0.2) is 17.4 Å². The predicted octanol–water partition coefficient (Wildman–Crippen LogP) is 1.27. The highest BCUT2D eigenvalue weighted by atomic mass is 127. The van der Waals surface area contributed by atoms with Crippen molar-refractivity contribution in [3.05, 3.63) is 18.0 Å². The first kappa shape index (κ1) is 17.2. The van der Waals surface area contributed by atoms with Crippen molar-refractivity contribution >= 4 is 29.9 Å². The first-order chi connectivity index (χ1) is 9.28. The fourth-order valence-electron chi connectivity index (χ4n) is 2.08. The number of hydrogen-bond donors (Lipinski definition) is 2. The molecule has 2 heterocycles.